The van der Waals surface area contributed by atoms with Crippen molar-refractivity contribution in [2.75, 3.05) is 24.2 Å². The topological polar surface area (TPSA) is 88.1 Å². The summed E-state index contributed by atoms with van der Waals surface area (Å²) >= 11 is 0. The van der Waals surface area contributed by atoms with E-state index in [9.17, 15) is 13.2 Å². The summed E-state index contributed by atoms with van der Waals surface area (Å²) in [7, 11) is -2.10. The van der Waals surface area contributed by atoms with Gasteiger partial charge in [-0.2, -0.15) is 5.10 Å². The van der Waals surface area contributed by atoms with Crippen molar-refractivity contribution in [1.82, 2.24) is 5.43 Å². The van der Waals surface area contributed by atoms with Crippen LogP contribution in [0.2, 0.25) is 0 Å². The number of methoxy groups -OCH3 is 1. The van der Waals surface area contributed by atoms with Crippen molar-refractivity contribution < 1.29 is 17.9 Å². The molecule has 24 heavy (non-hydrogen) atoms. The van der Waals surface area contributed by atoms with Gasteiger partial charge in [0, 0.05) is 11.1 Å². The Labute approximate surface area is 143 Å². The number of carbonyl (C=O) groups is 1. The molecule has 1 N–H and O–H groups in total. The number of sulfonamides is 1. The second kappa shape index (κ2) is 7.65. The molecule has 0 aliphatic carbocycles. The summed E-state index contributed by atoms with van der Waals surface area (Å²) < 4.78 is 30.1. The number of nitrogens with one attached hydrogen (secondary N) is 1. The number of hydrazone groups is 1. The first-order chi connectivity index (χ1) is 10.9. The quantitative estimate of drug-likeness (QED) is 0.624. The van der Waals surface area contributed by atoms with Gasteiger partial charge in [0.05, 0.1) is 19.1 Å². The van der Waals surface area contributed by atoms with E-state index in [2.05, 4.69) is 10.5 Å². The molecule has 0 saturated heterocycles. The van der Waals surface area contributed by atoms with Crippen LogP contribution in [0.15, 0.2) is 29.4 Å². The van der Waals surface area contributed by atoms with Crippen LogP contribution < -0.4 is 14.5 Å². The van der Waals surface area contributed by atoms with E-state index >= 15 is 0 Å². The molecule has 1 aromatic rings. The Balaban J connectivity index is 2.93. The van der Waals surface area contributed by atoms with Crippen LogP contribution in [0, 0.1) is 5.41 Å². The molecule has 0 atom stereocenters. The highest BCUT2D eigenvalue weighted by molar-refractivity contribution is 7.92. The standard InChI is InChI=1S/C16H25N3O4S/c1-12(16(2,3)4)17-18-15(20)11-19(24(6,21)22)13-7-9-14(23-5)10-8-13/h7-10H,11H2,1-6H3,(H,18,20)/b17-12-. The first-order valence-corrected chi connectivity index (χ1v) is 9.25. The largest absolute Gasteiger partial charge is 0.497 e. The minimum absolute atomic E-state index is 0.181. The summed E-state index contributed by atoms with van der Waals surface area (Å²) in [6, 6.07) is 6.42. The maximum absolute atomic E-state index is 12.1. The van der Waals surface area contributed by atoms with Crippen molar-refractivity contribution >= 4 is 27.3 Å². The van der Waals surface area contributed by atoms with E-state index < -0.39 is 15.9 Å². The zero-order chi connectivity index (χ0) is 18.5. The Hall–Kier alpha value is -2.09. The Morgan fingerprint density at radius 1 is 1.25 bits per heavy atom. The predicted molar refractivity (Wildman–Crippen MR) is 95.9 cm³/mol. The van der Waals surface area contributed by atoms with Crippen LogP contribution in [0.4, 0.5) is 5.69 Å². The minimum Gasteiger partial charge on any atom is -0.497 e. The molecule has 0 aliphatic rings. The fourth-order valence-corrected chi connectivity index (χ4v) is 2.48. The normalized spacial score (nSPS) is 12.7. The summed E-state index contributed by atoms with van der Waals surface area (Å²) in [4.78, 5) is 12.1. The Bertz CT molecular complexity index is 704. The minimum atomic E-state index is -3.62. The van der Waals surface area contributed by atoms with Gasteiger partial charge in [-0.3, -0.25) is 9.10 Å². The third-order valence-electron chi connectivity index (χ3n) is 3.48. The zero-order valence-corrected chi connectivity index (χ0v) is 15.8. The number of amides is 1. The van der Waals surface area contributed by atoms with E-state index in [1.54, 1.807) is 31.2 Å². The van der Waals surface area contributed by atoms with Gasteiger partial charge in [0.15, 0.2) is 0 Å². The molecule has 1 rings (SSSR count). The molecule has 1 aromatic carbocycles. The lowest BCUT2D eigenvalue weighted by Crippen LogP contribution is -2.39. The average molecular weight is 355 g/mol. The molecule has 0 saturated carbocycles. The number of benzene rings is 1. The van der Waals surface area contributed by atoms with Gasteiger partial charge < -0.3 is 4.74 Å². The van der Waals surface area contributed by atoms with Crippen LogP contribution in [-0.2, 0) is 14.8 Å². The fourth-order valence-electron chi connectivity index (χ4n) is 1.63. The van der Waals surface area contributed by atoms with Crippen LogP contribution in [0.5, 0.6) is 5.75 Å². The predicted octanol–water partition coefficient (Wildman–Crippen LogP) is 2.00. The highest BCUT2D eigenvalue weighted by Crippen LogP contribution is 2.21. The zero-order valence-electron chi connectivity index (χ0n) is 15.0. The monoisotopic (exact) mass is 355 g/mol. The highest BCUT2D eigenvalue weighted by atomic mass is 32.2. The van der Waals surface area contributed by atoms with E-state index in [1.807, 2.05) is 20.8 Å². The first-order valence-electron chi connectivity index (χ1n) is 7.40. The van der Waals surface area contributed by atoms with E-state index in [1.165, 1.54) is 7.11 Å². The third-order valence-corrected chi connectivity index (χ3v) is 4.62. The van der Waals surface area contributed by atoms with E-state index in [0.29, 0.717) is 11.4 Å². The summed E-state index contributed by atoms with van der Waals surface area (Å²) in [5, 5.41) is 4.03. The molecule has 0 aliphatic heterocycles. The van der Waals surface area contributed by atoms with E-state index in [-0.39, 0.29) is 12.0 Å². The molecule has 0 fully saturated rings. The summed E-state index contributed by atoms with van der Waals surface area (Å²) in [6.07, 6.45) is 1.05. The maximum Gasteiger partial charge on any atom is 0.260 e. The average Bonchev–Trinajstić information content (AvgIpc) is 2.48. The van der Waals surface area contributed by atoms with Crippen LogP contribution >= 0.6 is 0 Å². The number of hydrogen-bond acceptors (Lipinski definition) is 5. The molecule has 0 unspecified atom stereocenters. The number of rotatable bonds is 6. The SMILES string of the molecule is COc1ccc(N(CC(=O)N/N=C(/C)C(C)(C)C)S(C)(=O)=O)cc1. The van der Waals surface area contributed by atoms with Gasteiger partial charge in [0.2, 0.25) is 10.0 Å². The van der Waals surface area contributed by atoms with Crippen LogP contribution in [0.3, 0.4) is 0 Å². The molecule has 1 amide bonds. The molecule has 7 nitrogen and oxygen atoms in total. The summed E-state index contributed by atoms with van der Waals surface area (Å²) in [5.41, 5.74) is 3.34. The van der Waals surface area contributed by atoms with Gasteiger partial charge in [0.1, 0.15) is 12.3 Å². The lowest BCUT2D eigenvalue weighted by Gasteiger charge is -2.22. The lowest BCUT2D eigenvalue weighted by atomic mass is 9.91. The molecule has 0 bridgehead atoms. The van der Waals surface area contributed by atoms with Gasteiger partial charge in [-0.25, -0.2) is 13.8 Å². The molecular formula is C16H25N3O4S. The molecule has 0 heterocycles. The van der Waals surface area contributed by atoms with Crippen LogP contribution in [0.25, 0.3) is 0 Å². The second-order valence-electron chi connectivity index (χ2n) is 6.45. The van der Waals surface area contributed by atoms with Crippen molar-refractivity contribution in [2.45, 2.75) is 27.7 Å². The third kappa shape index (κ3) is 5.84. The molecular weight excluding hydrogens is 330 g/mol. The van der Waals surface area contributed by atoms with Gasteiger partial charge >= 0.3 is 0 Å². The first kappa shape index (κ1) is 20.0. The molecule has 0 spiro atoms. The Kier molecular flexibility index (Phi) is 6.36. The van der Waals surface area contributed by atoms with E-state index in [4.69, 9.17) is 4.74 Å². The molecule has 0 radical (unpaired) electrons. The lowest BCUT2D eigenvalue weighted by molar-refractivity contribution is -0.119. The number of anilines is 1. The molecule has 134 valence electrons. The maximum atomic E-state index is 12.1. The molecule has 8 heteroatoms. The number of hydrogen-bond donors (Lipinski definition) is 1. The number of ether oxygens (including phenoxy) is 1. The van der Waals surface area contributed by atoms with Crippen molar-refractivity contribution in [3.8, 4) is 5.75 Å². The smallest absolute Gasteiger partial charge is 0.260 e. The summed E-state index contributed by atoms with van der Waals surface area (Å²) in [5.74, 6) is 0.0851. The number of carbonyl (C=O) groups excluding carboxylic acids is 1. The van der Waals surface area contributed by atoms with Crippen molar-refractivity contribution in [2.24, 2.45) is 10.5 Å². The highest BCUT2D eigenvalue weighted by Gasteiger charge is 2.21. The van der Waals surface area contributed by atoms with Gasteiger partial charge in [0.25, 0.3) is 5.91 Å². The van der Waals surface area contributed by atoms with Gasteiger partial charge in [-0.15, -0.1) is 0 Å². The second-order valence-corrected chi connectivity index (χ2v) is 8.36. The Morgan fingerprint density at radius 2 is 1.79 bits per heavy atom. The fraction of sp³-hybridized carbons (Fsp3) is 0.500. The van der Waals surface area contributed by atoms with Crippen LogP contribution in [0.1, 0.15) is 27.7 Å². The molecule has 0 aromatic heterocycles. The van der Waals surface area contributed by atoms with Crippen LogP contribution in [-0.4, -0.2) is 39.9 Å². The Morgan fingerprint density at radius 3 is 2.21 bits per heavy atom. The van der Waals surface area contributed by atoms with E-state index in [0.717, 1.165) is 16.3 Å². The van der Waals surface area contributed by atoms with Crippen molar-refractivity contribution in [1.29, 1.82) is 0 Å². The van der Waals surface area contributed by atoms with Crippen molar-refractivity contribution in [3.05, 3.63) is 24.3 Å². The summed E-state index contributed by atoms with van der Waals surface area (Å²) in [6.45, 7) is 7.36. The number of nitrogens with zero attached hydrogens (tertiary/aromatic N) is 2. The van der Waals surface area contributed by atoms with Gasteiger partial charge in [-0.1, -0.05) is 20.8 Å². The van der Waals surface area contributed by atoms with Gasteiger partial charge in [-0.05, 0) is 31.2 Å². The van der Waals surface area contributed by atoms with Crippen molar-refractivity contribution in [3.63, 3.8) is 0 Å².